The summed E-state index contributed by atoms with van der Waals surface area (Å²) in [5.74, 6) is 4.14. The predicted molar refractivity (Wildman–Crippen MR) is 67.2 cm³/mol. The lowest BCUT2D eigenvalue weighted by Gasteiger charge is -2.03. The molecule has 1 aromatic rings. The van der Waals surface area contributed by atoms with Gasteiger partial charge in [0.2, 0.25) is 10.5 Å². The van der Waals surface area contributed by atoms with Crippen molar-refractivity contribution in [3.8, 4) is 17.2 Å². The van der Waals surface area contributed by atoms with E-state index in [9.17, 15) is 0 Å². The topological polar surface area (TPSA) is 9.23 Å². The van der Waals surface area contributed by atoms with Gasteiger partial charge in [0.25, 0.3) is 0 Å². The predicted octanol–water partition coefficient (Wildman–Crippen LogP) is 1.57. The molecule has 0 N–H and O–H groups in total. The normalized spacial score (nSPS) is 10.5. The molecule has 0 aromatic heterocycles. The first-order valence-electron chi connectivity index (χ1n) is 4.68. The highest BCUT2D eigenvalue weighted by molar-refractivity contribution is 6.83. The number of benzene rings is 1. The molecule has 0 radical (unpaired) electrons. The summed E-state index contributed by atoms with van der Waals surface area (Å²) in [7, 11) is -0.507. The van der Waals surface area contributed by atoms with Crippen LogP contribution < -0.4 is 4.43 Å². The van der Waals surface area contributed by atoms with Gasteiger partial charge >= 0.3 is 0 Å². The van der Waals surface area contributed by atoms with Crippen LogP contribution in [0.4, 0.5) is 0 Å². The fourth-order valence-electron chi connectivity index (χ4n) is 0.934. The van der Waals surface area contributed by atoms with Crippen LogP contribution in [0.25, 0.3) is 0 Å². The van der Waals surface area contributed by atoms with Crippen molar-refractivity contribution in [2.75, 3.05) is 0 Å². The summed E-state index contributed by atoms with van der Waals surface area (Å²) in [4.78, 5) is 0. The van der Waals surface area contributed by atoms with E-state index in [0.717, 1.165) is 21.8 Å². The maximum Gasteiger partial charge on any atom is 0.204 e. The second-order valence-electron chi connectivity index (χ2n) is 4.23. The second-order valence-corrected chi connectivity index (χ2v) is 9.39. The third-order valence-electron chi connectivity index (χ3n) is 1.67. The zero-order chi connectivity index (χ0) is 10.6. The molecule has 74 valence electrons. The molecule has 0 aliphatic carbocycles. The van der Waals surface area contributed by atoms with Crippen molar-refractivity contribution in [1.82, 2.24) is 0 Å². The van der Waals surface area contributed by atoms with Crippen LogP contribution in [0.1, 0.15) is 5.56 Å². The van der Waals surface area contributed by atoms with Gasteiger partial charge in [-0.15, -0.1) is 5.54 Å². The van der Waals surface area contributed by atoms with Crippen molar-refractivity contribution in [3.05, 3.63) is 29.8 Å². The van der Waals surface area contributed by atoms with Crippen LogP contribution >= 0.6 is 0 Å². The minimum absolute atomic E-state index is 0.740. The highest BCUT2D eigenvalue weighted by Gasteiger charge is 2.07. The monoisotopic (exact) mass is 220 g/mol. The molecule has 0 unspecified atom stereocenters. The van der Waals surface area contributed by atoms with Crippen LogP contribution in [-0.4, -0.2) is 18.6 Å². The lowest BCUT2D eigenvalue weighted by atomic mass is 10.2. The molecule has 0 aliphatic heterocycles. The van der Waals surface area contributed by atoms with E-state index in [1.54, 1.807) is 0 Å². The molecule has 0 saturated heterocycles. The van der Waals surface area contributed by atoms with Crippen molar-refractivity contribution < 1.29 is 4.43 Å². The van der Waals surface area contributed by atoms with E-state index in [1.165, 1.54) is 0 Å². The Balaban J connectivity index is 2.82. The Labute approximate surface area is 90.0 Å². The molecule has 3 heteroatoms. The SMILES string of the molecule is C[Si](C)(C)C#Cc1ccc(O[SiH3])cc1. The zero-order valence-electron chi connectivity index (χ0n) is 9.22. The van der Waals surface area contributed by atoms with E-state index in [0.29, 0.717) is 0 Å². The Morgan fingerprint density at radius 3 is 2.14 bits per heavy atom. The third-order valence-corrected chi connectivity index (χ3v) is 3.02. The van der Waals surface area contributed by atoms with E-state index in [-0.39, 0.29) is 0 Å². The van der Waals surface area contributed by atoms with Gasteiger partial charge < -0.3 is 4.43 Å². The molecule has 0 aliphatic rings. The molecule has 1 rings (SSSR count). The molecule has 0 bridgehead atoms. The van der Waals surface area contributed by atoms with Crippen molar-refractivity contribution in [2.24, 2.45) is 0 Å². The molecule has 0 saturated carbocycles. The van der Waals surface area contributed by atoms with Crippen LogP contribution in [-0.2, 0) is 0 Å². The van der Waals surface area contributed by atoms with Gasteiger partial charge in [0.1, 0.15) is 13.8 Å². The lowest BCUT2D eigenvalue weighted by Crippen LogP contribution is -2.16. The molecule has 0 amide bonds. The van der Waals surface area contributed by atoms with Crippen LogP contribution in [0, 0.1) is 11.5 Å². The van der Waals surface area contributed by atoms with Crippen molar-refractivity contribution in [2.45, 2.75) is 19.6 Å². The fraction of sp³-hybridized carbons (Fsp3) is 0.273. The average Bonchev–Trinajstić information content (AvgIpc) is 2.14. The largest absolute Gasteiger partial charge is 0.553 e. The maximum atomic E-state index is 5.21. The standard InChI is InChI=1S/C11H16OSi2/c1-14(2,3)9-8-10-4-6-11(12-13)7-5-10/h4-7H,1-3,13H3. The van der Waals surface area contributed by atoms with Gasteiger partial charge in [-0.1, -0.05) is 25.6 Å². The van der Waals surface area contributed by atoms with Crippen molar-refractivity contribution in [1.29, 1.82) is 0 Å². The summed E-state index contributed by atoms with van der Waals surface area (Å²) < 4.78 is 5.21. The van der Waals surface area contributed by atoms with Gasteiger partial charge in [-0.3, -0.25) is 0 Å². The zero-order valence-corrected chi connectivity index (χ0v) is 12.2. The molecule has 0 spiro atoms. The van der Waals surface area contributed by atoms with E-state index < -0.39 is 8.07 Å². The average molecular weight is 220 g/mol. The van der Waals surface area contributed by atoms with E-state index >= 15 is 0 Å². The molecule has 0 atom stereocenters. The number of hydrogen-bond donors (Lipinski definition) is 0. The summed E-state index contributed by atoms with van der Waals surface area (Å²) in [6.45, 7) is 6.74. The lowest BCUT2D eigenvalue weighted by molar-refractivity contribution is 0.616. The summed E-state index contributed by atoms with van der Waals surface area (Å²) in [6, 6.07) is 7.98. The van der Waals surface area contributed by atoms with Crippen molar-refractivity contribution in [3.63, 3.8) is 0 Å². The molecular formula is C11H16OSi2. The Morgan fingerprint density at radius 2 is 1.71 bits per heavy atom. The Morgan fingerprint density at radius 1 is 1.14 bits per heavy atom. The highest BCUT2D eigenvalue weighted by Crippen LogP contribution is 2.10. The Hall–Kier alpha value is -0.986. The van der Waals surface area contributed by atoms with Gasteiger partial charge in [-0.05, 0) is 24.3 Å². The van der Waals surface area contributed by atoms with Gasteiger partial charge in [-0.2, -0.15) is 0 Å². The Bertz CT molecular complexity index is 352. The molecule has 14 heavy (non-hydrogen) atoms. The summed E-state index contributed by atoms with van der Waals surface area (Å²) in [5.41, 5.74) is 4.41. The summed E-state index contributed by atoms with van der Waals surface area (Å²) in [5, 5.41) is 0. The van der Waals surface area contributed by atoms with E-state index in [1.807, 2.05) is 24.3 Å². The summed E-state index contributed by atoms with van der Waals surface area (Å²) in [6.07, 6.45) is 0. The smallest absolute Gasteiger partial charge is 0.204 e. The quantitative estimate of drug-likeness (QED) is 0.516. The van der Waals surface area contributed by atoms with E-state index in [4.69, 9.17) is 4.43 Å². The van der Waals surface area contributed by atoms with Crippen LogP contribution in [0.3, 0.4) is 0 Å². The van der Waals surface area contributed by atoms with Crippen LogP contribution in [0.2, 0.25) is 19.6 Å². The van der Waals surface area contributed by atoms with Crippen LogP contribution in [0.15, 0.2) is 24.3 Å². The van der Waals surface area contributed by atoms with Gasteiger partial charge in [0, 0.05) is 5.56 Å². The maximum absolute atomic E-state index is 5.21. The molecule has 1 aromatic carbocycles. The number of hydrogen-bond acceptors (Lipinski definition) is 1. The third kappa shape index (κ3) is 3.82. The van der Waals surface area contributed by atoms with E-state index in [2.05, 4.69) is 31.1 Å². The highest BCUT2D eigenvalue weighted by atomic mass is 28.3. The molecular weight excluding hydrogens is 204 g/mol. The molecule has 0 heterocycles. The molecule has 1 nitrogen and oxygen atoms in total. The minimum Gasteiger partial charge on any atom is -0.553 e. The Kier molecular flexibility index (Phi) is 3.56. The first-order valence-corrected chi connectivity index (χ1v) is 9.00. The van der Waals surface area contributed by atoms with Gasteiger partial charge in [0.15, 0.2) is 0 Å². The number of rotatable bonds is 1. The van der Waals surface area contributed by atoms with Crippen LogP contribution in [0.5, 0.6) is 5.75 Å². The summed E-state index contributed by atoms with van der Waals surface area (Å²) >= 11 is 0. The first kappa shape index (κ1) is 11.1. The second kappa shape index (κ2) is 4.49. The fourth-order valence-corrected chi connectivity index (χ4v) is 1.73. The first-order chi connectivity index (χ1) is 6.51. The van der Waals surface area contributed by atoms with Gasteiger partial charge in [-0.25, -0.2) is 0 Å². The molecule has 0 fully saturated rings. The minimum atomic E-state index is -1.25. The van der Waals surface area contributed by atoms with Gasteiger partial charge in [0.05, 0.1) is 0 Å². The van der Waals surface area contributed by atoms with Crippen molar-refractivity contribution >= 4 is 18.6 Å².